The fourth-order valence-electron chi connectivity index (χ4n) is 2.30. The zero-order valence-corrected chi connectivity index (χ0v) is 9.52. The van der Waals surface area contributed by atoms with Gasteiger partial charge in [0.15, 0.2) is 0 Å². The smallest absolute Gasteiger partial charge is 0.0312 e. The van der Waals surface area contributed by atoms with Gasteiger partial charge in [-0.3, -0.25) is 9.88 Å². The van der Waals surface area contributed by atoms with Crippen LogP contribution in [0.25, 0.3) is 0 Å². The summed E-state index contributed by atoms with van der Waals surface area (Å²) in [7, 11) is 0. The van der Waals surface area contributed by atoms with E-state index in [0.29, 0.717) is 0 Å². The van der Waals surface area contributed by atoms with Gasteiger partial charge in [-0.2, -0.15) is 0 Å². The monoisotopic (exact) mass is 204 g/mol. The quantitative estimate of drug-likeness (QED) is 0.752. The largest absolute Gasteiger partial charge is 0.299 e. The minimum atomic E-state index is 0.968. The summed E-state index contributed by atoms with van der Waals surface area (Å²) >= 11 is 0. The number of hydrogen-bond donors (Lipinski definition) is 0. The van der Waals surface area contributed by atoms with E-state index in [1.807, 2.05) is 18.5 Å². The summed E-state index contributed by atoms with van der Waals surface area (Å²) in [6.07, 6.45) is 7.91. The summed E-state index contributed by atoms with van der Waals surface area (Å²) in [6.45, 7) is 5.90. The second-order valence-electron chi connectivity index (χ2n) is 4.49. The molecule has 1 aromatic heterocycles. The molecule has 82 valence electrons. The molecule has 0 aromatic carbocycles. The van der Waals surface area contributed by atoms with Gasteiger partial charge in [0.1, 0.15) is 0 Å². The van der Waals surface area contributed by atoms with Gasteiger partial charge in [0, 0.05) is 18.9 Å². The number of pyridine rings is 1. The Labute approximate surface area is 92.3 Å². The number of nitrogens with zero attached hydrogens (tertiary/aromatic N) is 2. The molecule has 1 fully saturated rings. The van der Waals surface area contributed by atoms with Crippen molar-refractivity contribution in [3.63, 3.8) is 0 Å². The third-order valence-corrected chi connectivity index (χ3v) is 3.41. The Morgan fingerprint density at radius 2 is 2.20 bits per heavy atom. The van der Waals surface area contributed by atoms with Crippen LogP contribution in [0.3, 0.4) is 0 Å². The number of aromatic nitrogens is 1. The highest BCUT2D eigenvalue weighted by molar-refractivity contribution is 5.08. The third kappa shape index (κ3) is 3.03. The van der Waals surface area contributed by atoms with Gasteiger partial charge in [-0.25, -0.2) is 0 Å². The lowest BCUT2D eigenvalue weighted by Gasteiger charge is -2.31. The average molecular weight is 204 g/mol. The Hall–Kier alpha value is -0.890. The first-order valence-corrected chi connectivity index (χ1v) is 5.99. The van der Waals surface area contributed by atoms with Gasteiger partial charge in [0.05, 0.1) is 0 Å². The fraction of sp³-hybridized carbons (Fsp3) is 0.615. The van der Waals surface area contributed by atoms with Crippen molar-refractivity contribution in [1.29, 1.82) is 0 Å². The zero-order chi connectivity index (χ0) is 10.5. The van der Waals surface area contributed by atoms with Crippen LogP contribution >= 0.6 is 0 Å². The summed E-state index contributed by atoms with van der Waals surface area (Å²) < 4.78 is 0. The van der Waals surface area contributed by atoms with E-state index in [-0.39, 0.29) is 0 Å². The highest BCUT2D eigenvalue weighted by Gasteiger charge is 2.17. The number of likely N-dealkylation sites (tertiary alicyclic amines) is 1. The Balaban J connectivity index is 1.82. The third-order valence-electron chi connectivity index (χ3n) is 3.41. The first kappa shape index (κ1) is 10.6. The maximum Gasteiger partial charge on any atom is 0.0312 e. The second-order valence-corrected chi connectivity index (χ2v) is 4.49. The lowest BCUT2D eigenvalue weighted by Crippen LogP contribution is -2.32. The number of hydrogen-bond acceptors (Lipinski definition) is 2. The van der Waals surface area contributed by atoms with Crippen LogP contribution in [-0.4, -0.2) is 23.0 Å². The van der Waals surface area contributed by atoms with E-state index >= 15 is 0 Å². The predicted octanol–water partition coefficient (Wildman–Crippen LogP) is 2.70. The van der Waals surface area contributed by atoms with Crippen LogP contribution in [0, 0.1) is 5.92 Å². The number of rotatable bonds is 3. The SMILES string of the molecule is CCC1CCN(Cc2cccnc2)CC1. The standard InChI is InChI=1S/C13H20N2/c1-2-12-5-8-15(9-6-12)11-13-4-3-7-14-10-13/h3-4,7,10,12H,2,5-6,8-9,11H2,1H3. The number of piperidine rings is 1. The minimum absolute atomic E-state index is 0.968. The van der Waals surface area contributed by atoms with Crippen molar-refractivity contribution in [3.05, 3.63) is 30.1 Å². The average Bonchev–Trinajstić information content (AvgIpc) is 2.31. The molecule has 1 saturated heterocycles. The van der Waals surface area contributed by atoms with Gasteiger partial charge >= 0.3 is 0 Å². The molecule has 1 aliphatic heterocycles. The molecule has 0 bridgehead atoms. The van der Waals surface area contributed by atoms with Gasteiger partial charge < -0.3 is 0 Å². The van der Waals surface area contributed by atoms with Crippen molar-refractivity contribution >= 4 is 0 Å². The van der Waals surface area contributed by atoms with E-state index in [0.717, 1.165) is 12.5 Å². The van der Waals surface area contributed by atoms with E-state index in [1.54, 1.807) is 0 Å². The zero-order valence-electron chi connectivity index (χ0n) is 9.52. The molecule has 0 amide bonds. The van der Waals surface area contributed by atoms with Crippen LogP contribution < -0.4 is 0 Å². The highest BCUT2D eigenvalue weighted by atomic mass is 15.1. The molecular weight excluding hydrogens is 184 g/mol. The molecular formula is C13H20N2. The molecule has 2 heteroatoms. The summed E-state index contributed by atoms with van der Waals surface area (Å²) in [5, 5.41) is 0. The van der Waals surface area contributed by atoms with Crippen LogP contribution in [0.2, 0.25) is 0 Å². The molecule has 2 heterocycles. The Morgan fingerprint density at radius 3 is 2.80 bits per heavy atom. The molecule has 1 aliphatic rings. The first-order chi connectivity index (χ1) is 7.38. The molecule has 0 atom stereocenters. The van der Waals surface area contributed by atoms with Crippen LogP contribution in [0.5, 0.6) is 0 Å². The summed E-state index contributed by atoms with van der Waals surface area (Å²) in [5.74, 6) is 0.968. The van der Waals surface area contributed by atoms with E-state index in [9.17, 15) is 0 Å². The van der Waals surface area contributed by atoms with E-state index in [2.05, 4.69) is 22.9 Å². The van der Waals surface area contributed by atoms with Crippen LogP contribution in [-0.2, 0) is 6.54 Å². The van der Waals surface area contributed by atoms with Gasteiger partial charge in [-0.1, -0.05) is 19.4 Å². The second kappa shape index (κ2) is 5.26. The lowest BCUT2D eigenvalue weighted by atomic mass is 9.94. The topological polar surface area (TPSA) is 16.1 Å². The molecule has 0 aliphatic carbocycles. The molecule has 2 rings (SSSR count). The Morgan fingerprint density at radius 1 is 1.40 bits per heavy atom. The normalized spacial score (nSPS) is 19.3. The van der Waals surface area contributed by atoms with Gasteiger partial charge in [0.25, 0.3) is 0 Å². The van der Waals surface area contributed by atoms with Gasteiger partial charge in [-0.05, 0) is 43.5 Å². The Bertz CT molecular complexity index is 276. The lowest BCUT2D eigenvalue weighted by molar-refractivity contribution is 0.175. The minimum Gasteiger partial charge on any atom is -0.299 e. The van der Waals surface area contributed by atoms with Crippen LogP contribution in [0.1, 0.15) is 31.7 Å². The Kier molecular flexibility index (Phi) is 3.73. The fourth-order valence-corrected chi connectivity index (χ4v) is 2.30. The van der Waals surface area contributed by atoms with Crippen molar-refractivity contribution in [2.24, 2.45) is 5.92 Å². The molecule has 15 heavy (non-hydrogen) atoms. The van der Waals surface area contributed by atoms with Crippen molar-refractivity contribution in [3.8, 4) is 0 Å². The predicted molar refractivity (Wildman–Crippen MR) is 62.5 cm³/mol. The molecule has 1 aromatic rings. The maximum atomic E-state index is 4.15. The first-order valence-electron chi connectivity index (χ1n) is 5.99. The van der Waals surface area contributed by atoms with E-state index in [4.69, 9.17) is 0 Å². The molecule has 0 saturated carbocycles. The van der Waals surface area contributed by atoms with Gasteiger partial charge in [-0.15, -0.1) is 0 Å². The van der Waals surface area contributed by atoms with Crippen molar-refractivity contribution < 1.29 is 0 Å². The molecule has 0 N–H and O–H groups in total. The van der Waals surface area contributed by atoms with Crippen molar-refractivity contribution in [2.45, 2.75) is 32.7 Å². The van der Waals surface area contributed by atoms with E-state index < -0.39 is 0 Å². The molecule has 0 unspecified atom stereocenters. The van der Waals surface area contributed by atoms with Gasteiger partial charge in [0.2, 0.25) is 0 Å². The molecule has 2 nitrogen and oxygen atoms in total. The van der Waals surface area contributed by atoms with Crippen LogP contribution in [0.15, 0.2) is 24.5 Å². The van der Waals surface area contributed by atoms with E-state index in [1.165, 1.54) is 37.9 Å². The summed E-state index contributed by atoms with van der Waals surface area (Å²) in [6, 6.07) is 4.19. The van der Waals surface area contributed by atoms with Crippen molar-refractivity contribution in [1.82, 2.24) is 9.88 Å². The molecule has 0 spiro atoms. The highest BCUT2D eigenvalue weighted by Crippen LogP contribution is 2.20. The van der Waals surface area contributed by atoms with Crippen LogP contribution in [0.4, 0.5) is 0 Å². The summed E-state index contributed by atoms with van der Waals surface area (Å²) in [4.78, 5) is 6.70. The summed E-state index contributed by atoms with van der Waals surface area (Å²) in [5.41, 5.74) is 1.34. The maximum absolute atomic E-state index is 4.15. The molecule has 0 radical (unpaired) electrons. The van der Waals surface area contributed by atoms with Crippen molar-refractivity contribution in [2.75, 3.05) is 13.1 Å².